The first-order valence-electron chi connectivity index (χ1n) is 7.28. The van der Waals surface area contributed by atoms with E-state index in [0.717, 1.165) is 17.7 Å². The minimum absolute atomic E-state index is 0.0200. The number of aromatic nitrogens is 3. The number of hydrogen-bond donors (Lipinski definition) is 1. The molecule has 112 valence electrons. The average molecular weight is 294 g/mol. The van der Waals surface area contributed by atoms with E-state index >= 15 is 0 Å². The minimum atomic E-state index is 0.0200. The molecular formula is C17H18N4O. The highest BCUT2D eigenvalue weighted by molar-refractivity contribution is 5.75. The lowest BCUT2D eigenvalue weighted by Crippen LogP contribution is -2.28. The molecule has 3 aromatic rings. The molecule has 5 heteroatoms. The fourth-order valence-electron chi connectivity index (χ4n) is 2.25. The zero-order valence-electron chi connectivity index (χ0n) is 12.2. The summed E-state index contributed by atoms with van der Waals surface area (Å²) in [5.41, 5.74) is 2.13. The van der Waals surface area contributed by atoms with Crippen LogP contribution in [0.15, 0.2) is 67.3 Å². The Morgan fingerprint density at radius 3 is 2.64 bits per heavy atom. The largest absolute Gasteiger partial charge is 0.354 e. The molecule has 0 radical (unpaired) electrons. The van der Waals surface area contributed by atoms with Crippen molar-refractivity contribution in [2.24, 2.45) is 0 Å². The van der Waals surface area contributed by atoms with Gasteiger partial charge in [-0.2, -0.15) is 5.10 Å². The van der Waals surface area contributed by atoms with Gasteiger partial charge in [0, 0.05) is 25.1 Å². The SMILES string of the molecule is O=C(Cn1cccc1)NCCc1cnn(-c2ccccc2)c1. The predicted molar refractivity (Wildman–Crippen MR) is 84.7 cm³/mol. The van der Waals surface area contributed by atoms with Crippen molar-refractivity contribution in [3.63, 3.8) is 0 Å². The lowest BCUT2D eigenvalue weighted by molar-refractivity contribution is -0.121. The van der Waals surface area contributed by atoms with Crippen molar-refractivity contribution in [2.45, 2.75) is 13.0 Å². The van der Waals surface area contributed by atoms with Crippen LogP contribution in [0.3, 0.4) is 0 Å². The summed E-state index contributed by atoms with van der Waals surface area (Å²) in [5, 5.41) is 7.27. The van der Waals surface area contributed by atoms with Crippen molar-refractivity contribution in [1.29, 1.82) is 0 Å². The molecule has 3 rings (SSSR count). The van der Waals surface area contributed by atoms with Crippen LogP contribution in [0.1, 0.15) is 5.56 Å². The number of rotatable bonds is 6. The Kier molecular flexibility index (Phi) is 4.34. The fourth-order valence-corrected chi connectivity index (χ4v) is 2.25. The molecule has 1 aromatic carbocycles. The van der Waals surface area contributed by atoms with Crippen LogP contribution in [0.5, 0.6) is 0 Å². The highest BCUT2D eigenvalue weighted by Gasteiger charge is 2.03. The molecule has 0 unspecified atom stereocenters. The van der Waals surface area contributed by atoms with Crippen molar-refractivity contribution in [2.75, 3.05) is 6.54 Å². The summed E-state index contributed by atoms with van der Waals surface area (Å²) in [5.74, 6) is 0.0200. The number of para-hydroxylation sites is 1. The molecule has 22 heavy (non-hydrogen) atoms. The third kappa shape index (κ3) is 3.63. The van der Waals surface area contributed by atoms with Gasteiger partial charge in [-0.3, -0.25) is 4.79 Å². The molecule has 2 heterocycles. The fraction of sp³-hybridized carbons (Fsp3) is 0.176. The molecule has 1 N–H and O–H groups in total. The topological polar surface area (TPSA) is 51.9 Å². The maximum absolute atomic E-state index is 11.8. The molecule has 0 saturated carbocycles. The Morgan fingerprint density at radius 1 is 1.09 bits per heavy atom. The lowest BCUT2D eigenvalue weighted by Gasteiger charge is -2.05. The summed E-state index contributed by atoms with van der Waals surface area (Å²) in [7, 11) is 0. The van der Waals surface area contributed by atoms with Crippen molar-refractivity contribution in [3.05, 3.63) is 72.8 Å². The molecular weight excluding hydrogens is 276 g/mol. The number of carbonyl (C=O) groups is 1. The quantitative estimate of drug-likeness (QED) is 0.756. The molecule has 0 aliphatic heterocycles. The summed E-state index contributed by atoms with van der Waals surface area (Å²) < 4.78 is 3.69. The number of nitrogens with one attached hydrogen (secondary N) is 1. The van der Waals surface area contributed by atoms with Gasteiger partial charge in [0.15, 0.2) is 0 Å². The highest BCUT2D eigenvalue weighted by Crippen LogP contribution is 2.07. The summed E-state index contributed by atoms with van der Waals surface area (Å²) in [6.07, 6.45) is 8.36. The predicted octanol–water partition coefficient (Wildman–Crippen LogP) is 2.03. The third-order valence-electron chi connectivity index (χ3n) is 3.39. The highest BCUT2D eigenvalue weighted by atomic mass is 16.1. The zero-order valence-corrected chi connectivity index (χ0v) is 12.2. The van der Waals surface area contributed by atoms with E-state index in [1.165, 1.54) is 0 Å². The summed E-state index contributed by atoms with van der Waals surface area (Å²) in [6, 6.07) is 13.8. The van der Waals surface area contributed by atoms with Gasteiger partial charge in [-0.1, -0.05) is 18.2 Å². The van der Waals surface area contributed by atoms with Gasteiger partial charge >= 0.3 is 0 Å². The molecule has 0 bridgehead atoms. The molecule has 0 spiro atoms. The summed E-state index contributed by atoms with van der Waals surface area (Å²) in [4.78, 5) is 11.8. The van der Waals surface area contributed by atoms with Gasteiger partial charge in [-0.05, 0) is 36.2 Å². The number of hydrogen-bond acceptors (Lipinski definition) is 2. The first-order chi connectivity index (χ1) is 10.8. The van der Waals surface area contributed by atoms with E-state index in [4.69, 9.17) is 0 Å². The van der Waals surface area contributed by atoms with Crippen LogP contribution in [0.4, 0.5) is 0 Å². The monoisotopic (exact) mass is 294 g/mol. The molecule has 5 nitrogen and oxygen atoms in total. The van der Waals surface area contributed by atoms with Crippen LogP contribution in [0, 0.1) is 0 Å². The van der Waals surface area contributed by atoms with E-state index in [2.05, 4.69) is 10.4 Å². The second-order valence-electron chi connectivity index (χ2n) is 5.08. The smallest absolute Gasteiger partial charge is 0.239 e. The van der Waals surface area contributed by atoms with E-state index < -0.39 is 0 Å². The maximum atomic E-state index is 11.8. The van der Waals surface area contributed by atoms with Crippen molar-refractivity contribution >= 4 is 5.91 Å². The number of carbonyl (C=O) groups excluding carboxylic acids is 1. The van der Waals surface area contributed by atoms with Gasteiger partial charge in [-0.15, -0.1) is 0 Å². The number of benzene rings is 1. The van der Waals surface area contributed by atoms with Gasteiger partial charge in [0.1, 0.15) is 6.54 Å². The molecule has 0 fully saturated rings. The summed E-state index contributed by atoms with van der Waals surface area (Å²) in [6.45, 7) is 0.969. The van der Waals surface area contributed by atoms with Crippen LogP contribution in [0.25, 0.3) is 5.69 Å². The Balaban J connectivity index is 1.48. The maximum Gasteiger partial charge on any atom is 0.239 e. The second kappa shape index (κ2) is 6.76. The van der Waals surface area contributed by atoms with Gasteiger partial charge in [0.2, 0.25) is 5.91 Å². The molecule has 0 saturated heterocycles. The van der Waals surface area contributed by atoms with E-state index in [0.29, 0.717) is 13.1 Å². The molecule has 0 atom stereocenters. The van der Waals surface area contributed by atoms with Crippen LogP contribution >= 0.6 is 0 Å². The normalized spacial score (nSPS) is 10.5. The van der Waals surface area contributed by atoms with Gasteiger partial charge in [0.05, 0.1) is 11.9 Å². The van der Waals surface area contributed by atoms with Crippen LogP contribution in [0.2, 0.25) is 0 Å². The van der Waals surface area contributed by atoms with Gasteiger partial charge in [-0.25, -0.2) is 4.68 Å². The summed E-state index contributed by atoms with van der Waals surface area (Å²) >= 11 is 0. The molecule has 2 aromatic heterocycles. The number of nitrogens with zero attached hydrogens (tertiary/aromatic N) is 3. The van der Waals surface area contributed by atoms with Crippen LogP contribution in [-0.2, 0) is 17.8 Å². The Morgan fingerprint density at radius 2 is 1.86 bits per heavy atom. The Hall–Kier alpha value is -2.82. The molecule has 1 amide bonds. The zero-order chi connectivity index (χ0) is 15.2. The number of amides is 1. The third-order valence-corrected chi connectivity index (χ3v) is 3.39. The Bertz CT molecular complexity index is 716. The van der Waals surface area contributed by atoms with E-state index in [1.807, 2.05) is 76.5 Å². The van der Waals surface area contributed by atoms with E-state index in [9.17, 15) is 4.79 Å². The minimum Gasteiger partial charge on any atom is -0.354 e. The first-order valence-corrected chi connectivity index (χ1v) is 7.28. The van der Waals surface area contributed by atoms with Crippen molar-refractivity contribution in [1.82, 2.24) is 19.7 Å². The lowest BCUT2D eigenvalue weighted by atomic mass is 10.2. The Labute approximate surface area is 129 Å². The van der Waals surface area contributed by atoms with Crippen molar-refractivity contribution in [3.8, 4) is 5.69 Å². The standard InChI is InChI=1S/C17H18N4O/c22-17(14-20-10-4-5-11-20)18-9-8-15-12-19-21(13-15)16-6-2-1-3-7-16/h1-7,10-13H,8-9,14H2,(H,18,22). The van der Waals surface area contributed by atoms with Crippen LogP contribution in [-0.4, -0.2) is 26.8 Å². The van der Waals surface area contributed by atoms with E-state index in [1.54, 1.807) is 0 Å². The average Bonchev–Trinajstić information content (AvgIpc) is 3.20. The van der Waals surface area contributed by atoms with Crippen LogP contribution < -0.4 is 5.32 Å². The van der Waals surface area contributed by atoms with Crippen molar-refractivity contribution < 1.29 is 4.79 Å². The first kappa shape index (κ1) is 14.1. The van der Waals surface area contributed by atoms with Gasteiger partial charge in [0.25, 0.3) is 0 Å². The van der Waals surface area contributed by atoms with Gasteiger partial charge < -0.3 is 9.88 Å². The molecule has 0 aliphatic carbocycles. The molecule has 0 aliphatic rings. The van der Waals surface area contributed by atoms with E-state index in [-0.39, 0.29) is 5.91 Å². The second-order valence-corrected chi connectivity index (χ2v) is 5.08.